The maximum atomic E-state index is 16.0. The van der Waals surface area contributed by atoms with Crippen molar-refractivity contribution in [2.24, 2.45) is 0 Å². The first kappa shape index (κ1) is 53.4. The Morgan fingerprint density at radius 2 is 1.43 bits per heavy atom. The zero-order valence-electron chi connectivity index (χ0n) is 41.1. The van der Waals surface area contributed by atoms with Crippen molar-refractivity contribution in [1.82, 2.24) is 39.9 Å². The minimum Gasteiger partial charge on any atom is -0.497 e. The van der Waals surface area contributed by atoms with Crippen molar-refractivity contribution in [2.75, 3.05) is 25.5 Å². The minimum absolute atomic E-state index is 0.0450. The monoisotopic (exact) mass is 1020 g/mol. The zero-order valence-corrected chi connectivity index (χ0v) is 43.7. The van der Waals surface area contributed by atoms with Gasteiger partial charge in [-0.1, -0.05) is 93.6 Å². The SMILES string of the molecule is COc1ccc(Cn2nnnc2-c2c(NC3CC(NC(=O)O)C3)ccc(S(=O)(=O)NCC(CNC(=O)OC(C)(C)C)O[Si](C)(C)C(C)(C)C)c2S(=O)(=O)N(Cc2ccccc2)Cc2ccccc2)cc1. The first-order chi connectivity index (χ1) is 32.8. The number of ether oxygens (including phenoxy) is 2. The second kappa shape index (κ2) is 22.0. The van der Waals surface area contributed by atoms with Gasteiger partial charge in [0.1, 0.15) is 21.1 Å². The van der Waals surface area contributed by atoms with Crippen LogP contribution in [0.15, 0.2) is 107 Å². The van der Waals surface area contributed by atoms with Crippen LogP contribution in [0.3, 0.4) is 0 Å². The Morgan fingerprint density at radius 1 is 0.829 bits per heavy atom. The van der Waals surface area contributed by atoms with Crippen molar-refractivity contribution in [1.29, 1.82) is 0 Å². The molecule has 0 aliphatic heterocycles. The van der Waals surface area contributed by atoms with Crippen LogP contribution >= 0.6 is 0 Å². The fourth-order valence-corrected chi connectivity index (χ4v) is 12.3. The molecule has 1 fully saturated rings. The van der Waals surface area contributed by atoms with Crippen LogP contribution in [-0.2, 0) is 48.8 Å². The Hall–Kier alpha value is -5.91. The maximum Gasteiger partial charge on any atom is 0.407 e. The van der Waals surface area contributed by atoms with Crippen LogP contribution in [0, 0.1) is 0 Å². The molecule has 5 aromatic rings. The van der Waals surface area contributed by atoms with Gasteiger partial charge in [-0.15, -0.1) is 5.10 Å². The topological polar surface area (TPSA) is 245 Å². The van der Waals surface area contributed by atoms with Gasteiger partial charge < -0.3 is 35.0 Å². The lowest BCUT2D eigenvalue weighted by Gasteiger charge is -2.39. The molecule has 0 bridgehead atoms. The molecule has 0 radical (unpaired) electrons. The number of amides is 2. The van der Waals surface area contributed by atoms with Gasteiger partial charge in [0.05, 0.1) is 25.3 Å². The summed E-state index contributed by atoms with van der Waals surface area (Å²) in [5.74, 6) is 0.546. The third-order valence-corrected chi connectivity index (χ3v) is 20.1. The molecule has 1 unspecified atom stereocenters. The van der Waals surface area contributed by atoms with Gasteiger partial charge in [-0.2, -0.15) is 4.31 Å². The van der Waals surface area contributed by atoms with Gasteiger partial charge in [0.15, 0.2) is 14.1 Å². The number of benzene rings is 4. The van der Waals surface area contributed by atoms with Crippen LogP contribution in [0.25, 0.3) is 11.4 Å². The molecular weight excluding hydrogens is 955 g/mol. The lowest BCUT2D eigenvalue weighted by molar-refractivity contribution is 0.0498. The van der Waals surface area contributed by atoms with Crippen LogP contribution in [0.5, 0.6) is 5.75 Å². The number of methoxy groups -OCH3 is 1. The highest BCUT2D eigenvalue weighted by atomic mass is 32.2. The van der Waals surface area contributed by atoms with Crippen LogP contribution in [0.2, 0.25) is 18.1 Å². The van der Waals surface area contributed by atoms with Crippen LogP contribution in [0.4, 0.5) is 15.3 Å². The number of sulfonamides is 2. The average Bonchev–Trinajstić information content (AvgIpc) is 3.73. The molecule has 1 saturated carbocycles. The molecule has 19 nitrogen and oxygen atoms in total. The summed E-state index contributed by atoms with van der Waals surface area (Å²) in [6.07, 6.45) is -2.10. The van der Waals surface area contributed by atoms with Crippen molar-refractivity contribution in [2.45, 2.75) is 126 Å². The molecule has 0 spiro atoms. The predicted octanol–water partition coefficient (Wildman–Crippen LogP) is 7.19. The summed E-state index contributed by atoms with van der Waals surface area (Å²) >= 11 is 0. The normalized spacial score (nSPS) is 16.0. The van der Waals surface area contributed by atoms with Gasteiger partial charge in [0, 0.05) is 44.0 Å². The van der Waals surface area contributed by atoms with Crippen molar-refractivity contribution < 1.29 is 45.4 Å². The number of aromatic nitrogens is 4. The molecule has 5 N–H and O–H groups in total. The van der Waals surface area contributed by atoms with E-state index in [1.165, 1.54) is 21.1 Å². The largest absolute Gasteiger partial charge is 0.497 e. The molecule has 6 rings (SSSR count). The smallest absolute Gasteiger partial charge is 0.407 e. The van der Waals surface area contributed by atoms with E-state index in [4.69, 9.17) is 13.9 Å². The lowest BCUT2D eigenvalue weighted by atomic mass is 9.86. The molecule has 22 heteroatoms. The molecule has 0 saturated heterocycles. The summed E-state index contributed by atoms with van der Waals surface area (Å²) in [5.41, 5.74) is 1.27. The van der Waals surface area contributed by atoms with Crippen LogP contribution in [-0.4, -0.2) is 111 Å². The fraction of sp³-hybridized carbons (Fsp3) is 0.438. The Morgan fingerprint density at radius 3 is 1.97 bits per heavy atom. The van der Waals surface area contributed by atoms with Gasteiger partial charge in [-0.3, -0.25) is 0 Å². The molecule has 1 heterocycles. The lowest BCUT2D eigenvalue weighted by Crippen LogP contribution is -2.51. The molecule has 1 aliphatic rings. The van der Waals surface area contributed by atoms with Crippen LogP contribution in [0.1, 0.15) is 71.1 Å². The van der Waals surface area contributed by atoms with E-state index < -0.39 is 62.0 Å². The number of carbonyl (C=O) groups is 2. The van der Waals surface area contributed by atoms with Crippen molar-refractivity contribution in [3.05, 3.63) is 114 Å². The number of hydrogen-bond acceptors (Lipinski definition) is 13. The second-order valence-corrected chi connectivity index (χ2v) is 28.1. The zero-order chi connectivity index (χ0) is 51.1. The molecule has 1 aromatic heterocycles. The summed E-state index contributed by atoms with van der Waals surface area (Å²) in [4.78, 5) is 23.2. The van der Waals surface area contributed by atoms with Gasteiger partial charge in [-0.05, 0) is 103 Å². The molecule has 4 aromatic carbocycles. The van der Waals surface area contributed by atoms with E-state index in [0.717, 1.165) is 5.56 Å². The quantitative estimate of drug-likeness (QED) is 0.0457. The highest BCUT2D eigenvalue weighted by Gasteiger charge is 2.42. The van der Waals surface area contributed by atoms with Crippen molar-refractivity contribution in [3.63, 3.8) is 0 Å². The summed E-state index contributed by atoms with van der Waals surface area (Å²) in [7, 11) is -10.8. The van der Waals surface area contributed by atoms with Crippen LogP contribution < -0.4 is 25.4 Å². The highest BCUT2D eigenvalue weighted by molar-refractivity contribution is 7.92. The van der Waals surface area contributed by atoms with Gasteiger partial charge >= 0.3 is 12.2 Å². The number of carbonyl (C=O) groups excluding carboxylic acids is 1. The molecular formula is C48H65N9O10S2Si. The van der Waals surface area contributed by atoms with E-state index in [1.807, 2.05) is 46.0 Å². The van der Waals surface area contributed by atoms with Crippen molar-refractivity contribution in [3.8, 4) is 17.1 Å². The van der Waals surface area contributed by atoms with Gasteiger partial charge in [-0.25, -0.2) is 35.8 Å². The van der Waals surface area contributed by atoms with E-state index in [-0.39, 0.29) is 66.9 Å². The standard InChI is InChI=1S/C48H65N9O10S2Si/c1-47(2,3)66-46(60)49-28-39(67-70(8,9)48(4,5)6)29-50-68(61,62)41-25-24-40(51-36-26-37(27-36)52-45(58)59)42(44-53-54-55-57(44)32-35-20-22-38(65-7)23-21-35)43(41)69(63,64)56(30-33-16-12-10-13-17-33)31-34-18-14-11-15-19-34/h10-25,36-37,39,50-52H,26-32H2,1-9H3,(H,49,60)(H,58,59). The summed E-state index contributed by atoms with van der Waals surface area (Å²) in [5, 5.41) is 30.4. The first-order valence-electron chi connectivity index (χ1n) is 22.9. The second-order valence-electron chi connectivity index (χ2n) is 19.8. The fourth-order valence-electron chi connectivity index (χ4n) is 7.49. The molecule has 2 amide bonds. The highest BCUT2D eigenvalue weighted by Crippen LogP contribution is 2.42. The number of anilines is 1. The minimum atomic E-state index is -4.91. The number of rotatable bonds is 21. The number of alkyl carbamates (subject to hydrolysis) is 1. The Labute approximate surface area is 411 Å². The third-order valence-electron chi connectivity index (χ3n) is 12.1. The summed E-state index contributed by atoms with van der Waals surface area (Å²) in [6, 6.07) is 27.0. The first-order valence-corrected chi connectivity index (χ1v) is 28.7. The Balaban J connectivity index is 1.54. The van der Waals surface area contributed by atoms with E-state index in [2.05, 4.69) is 36.2 Å². The van der Waals surface area contributed by atoms with Gasteiger partial charge in [0.25, 0.3) is 0 Å². The predicted molar refractivity (Wildman–Crippen MR) is 268 cm³/mol. The molecule has 1 aliphatic carbocycles. The number of nitrogens with zero attached hydrogens (tertiary/aromatic N) is 5. The Kier molecular flexibility index (Phi) is 16.8. The molecule has 378 valence electrons. The maximum absolute atomic E-state index is 16.0. The number of tetrazole rings is 1. The van der Waals surface area contributed by atoms with E-state index in [0.29, 0.717) is 29.7 Å². The van der Waals surface area contributed by atoms with E-state index in [1.54, 1.807) is 101 Å². The summed E-state index contributed by atoms with van der Waals surface area (Å²) < 4.78 is 85.4. The molecule has 70 heavy (non-hydrogen) atoms. The number of nitrogens with one attached hydrogen (secondary N) is 4. The molecule has 1 atom stereocenters. The van der Waals surface area contributed by atoms with E-state index in [9.17, 15) is 14.7 Å². The third kappa shape index (κ3) is 13.9. The van der Waals surface area contributed by atoms with Crippen molar-refractivity contribution >= 4 is 46.2 Å². The van der Waals surface area contributed by atoms with E-state index >= 15 is 16.8 Å². The average molecular weight is 1020 g/mol. The van der Waals surface area contributed by atoms with Gasteiger partial charge in [0.2, 0.25) is 20.0 Å². The summed E-state index contributed by atoms with van der Waals surface area (Å²) in [6.45, 7) is 14.5. The number of hydrogen-bond donors (Lipinski definition) is 5. The Bertz CT molecular complexity index is 2760. The number of carboxylic acid groups (broad SMARTS) is 1.